The van der Waals surface area contributed by atoms with E-state index in [-0.39, 0.29) is 11.0 Å². The predicted octanol–water partition coefficient (Wildman–Crippen LogP) is 4.57. The maximum atomic E-state index is 14.0. The third-order valence-electron chi connectivity index (χ3n) is 5.02. The van der Waals surface area contributed by atoms with Crippen LogP contribution >= 0.6 is 0 Å². The summed E-state index contributed by atoms with van der Waals surface area (Å²) in [7, 11) is -7.44. The summed E-state index contributed by atoms with van der Waals surface area (Å²) in [6.45, 7) is 1.87. The van der Waals surface area contributed by atoms with E-state index in [2.05, 4.69) is 3.77 Å². The zero-order chi connectivity index (χ0) is 21.2. The Morgan fingerprint density at radius 3 is 2.03 bits per heavy atom. The summed E-state index contributed by atoms with van der Waals surface area (Å²) >= 11 is 0. The molecule has 7 heteroatoms. The Kier molecular flexibility index (Phi) is 5.77. The van der Waals surface area contributed by atoms with Gasteiger partial charge in [0, 0.05) is 0 Å². The van der Waals surface area contributed by atoms with Crippen molar-refractivity contribution in [2.24, 2.45) is 3.77 Å². The quantitative estimate of drug-likeness (QED) is 0.503. The summed E-state index contributed by atoms with van der Waals surface area (Å²) in [6.07, 6.45) is 1.12. The summed E-state index contributed by atoms with van der Waals surface area (Å²) < 4.78 is 49.5. The number of nitrogens with zero attached hydrogens (tertiary/aromatic N) is 1. The molecule has 0 unspecified atom stereocenters. The molecule has 0 aromatic heterocycles. The van der Waals surface area contributed by atoms with Crippen LogP contribution < -0.4 is 0 Å². The van der Waals surface area contributed by atoms with Crippen LogP contribution in [0.5, 0.6) is 0 Å². The summed E-state index contributed by atoms with van der Waals surface area (Å²) in [5, 5.41) is 0. The molecule has 3 aromatic rings. The van der Waals surface area contributed by atoms with E-state index in [1.54, 1.807) is 42.5 Å². The van der Waals surface area contributed by atoms with Crippen LogP contribution in [-0.2, 0) is 30.9 Å². The lowest BCUT2D eigenvalue weighted by Crippen LogP contribution is -2.15. The molecule has 1 aliphatic heterocycles. The number of aryl methyl sites for hydroxylation is 2. The Morgan fingerprint density at radius 1 is 0.800 bits per heavy atom. The highest BCUT2D eigenvalue weighted by Gasteiger charge is 2.48. The average molecular weight is 442 g/mol. The van der Waals surface area contributed by atoms with Crippen LogP contribution in [0.4, 0.5) is 0 Å². The Bertz CT molecular complexity index is 1230. The second-order valence-electron chi connectivity index (χ2n) is 7.31. The number of hydrogen-bond acceptors (Lipinski definition) is 4. The molecule has 3 atom stereocenters. The third-order valence-corrected chi connectivity index (χ3v) is 9.55. The van der Waals surface area contributed by atoms with E-state index in [9.17, 15) is 12.6 Å². The van der Waals surface area contributed by atoms with Gasteiger partial charge in [-0.3, -0.25) is 0 Å². The molecule has 4 rings (SSSR count). The molecule has 30 heavy (non-hydrogen) atoms. The molecule has 0 radical (unpaired) electrons. The molecule has 0 saturated carbocycles. The largest absolute Gasteiger partial charge is 0.354 e. The first-order valence-corrected chi connectivity index (χ1v) is 12.7. The van der Waals surface area contributed by atoms with Crippen molar-refractivity contribution in [2.45, 2.75) is 41.1 Å². The fraction of sp³-hybridized carbons (Fsp3) is 0.217. The van der Waals surface area contributed by atoms with Crippen molar-refractivity contribution in [1.29, 1.82) is 0 Å². The summed E-state index contributed by atoms with van der Waals surface area (Å²) in [5.41, 5.74) is 1.34. The molecule has 5 nitrogen and oxygen atoms in total. The normalized spacial score (nSPS) is 20.3. The van der Waals surface area contributed by atoms with Gasteiger partial charge in [-0.15, -0.1) is 0 Å². The van der Waals surface area contributed by atoms with Crippen LogP contribution in [0.15, 0.2) is 98.5 Å². The number of sulfonamides is 1. The van der Waals surface area contributed by atoms with Crippen molar-refractivity contribution in [3.8, 4) is 0 Å². The Balaban J connectivity index is 1.66. The average Bonchev–Trinajstić information content (AvgIpc) is 3.54. The van der Waals surface area contributed by atoms with Crippen LogP contribution in [0.1, 0.15) is 17.5 Å². The minimum absolute atomic E-state index is 0.0261. The SMILES string of the molecule is Cc1ccc(S(=O)(=O)N=[S@@](=O)(c2ccccc2)[C@H]2O[C@@H]2CCc2ccccc2)cc1. The molecule has 1 saturated heterocycles. The van der Waals surface area contributed by atoms with Gasteiger partial charge in [-0.25, -0.2) is 4.21 Å². The van der Waals surface area contributed by atoms with Crippen LogP contribution in [0.2, 0.25) is 0 Å². The van der Waals surface area contributed by atoms with Gasteiger partial charge < -0.3 is 4.74 Å². The molecule has 0 N–H and O–H groups in total. The van der Waals surface area contributed by atoms with Crippen molar-refractivity contribution in [3.05, 3.63) is 96.1 Å². The van der Waals surface area contributed by atoms with E-state index in [1.165, 1.54) is 12.1 Å². The first-order valence-electron chi connectivity index (χ1n) is 9.72. The standard InChI is InChI=1S/C23H23NO4S2/c1-18-12-15-21(16-13-18)30(26,27)24-29(25,20-10-6-3-7-11-20)23-22(28-23)17-14-19-8-4-2-5-9-19/h2-13,15-16,22-23H,14,17H2,1H3/t22-,23-,29-/m1/s1. The first-order chi connectivity index (χ1) is 14.4. The zero-order valence-electron chi connectivity index (χ0n) is 16.5. The molecule has 156 valence electrons. The predicted molar refractivity (Wildman–Crippen MR) is 117 cm³/mol. The van der Waals surface area contributed by atoms with Gasteiger partial charge in [0.25, 0.3) is 10.0 Å². The van der Waals surface area contributed by atoms with Gasteiger partial charge in [0.1, 0.15) is 9.73 Å². The van der Waals surface area contributed by atoms with E-state index in [1.807, 2.05) is 37.3 Å². The molecule has 0 bridgehead atoms. The Hall–Kier alpha value is -2.48. The second-order valence-corrected chi connectivity index (χ2v) is 11.4. The van der Waals surface area contributed by atoms with Gasteiger partial charge in [-0.2, -0.15) is 8.42 Å². The highest BCUT2D eigenvalue weighted by molar-refractivity contribution is 8.03. The lowest BCUT2D eigenvalue weighted by Gasteiger charge is -2.09. The van der Waals surface area contributed by atoms with Crippen molar-refractivity contribution < 1.29 is 17.4 Å². The molecule has 3 aromatic carbocycles. The van der Waals surface area contributed by atoms with E-state index < -0.39 is 25.2 Å². The van der Waals surface area contributed by atoms with Crippen molar-refractivity contribution in [2.75, 3.05) is 0 Å². The highest BCUT2D eigenvalue weighted by Crippen LogP contribution is 2.38. The number of epoxide rings is 1. The van der Waals surface area contributed by atoms with Gasteiger partial charge in [-0.05, 0) is 49.6 Å². The molecule has 1 fully saturated rings. The maximum Gasteiger partial charge on any atom is 0.290 e. The number of hydrogen-bond donors (Lipinski definition) is 0. The molecule has 0 spiro atoms. The minimum atomic E-state index is -4.11. The molecular formula is C23H23NO4S2. The third kappa shape index (κ3) is 4.48. The summed E-state index contributed by atoms with van der Waals surface area (Å²) in [6, 6.07) is 24.8. The Morgan fingerprint density at radius 2 is 1.40 bits per heavy atom. The monoisotopic (exact) mass is 441 g/mol. The second kappa shape index (κ2) is 8.34. The molecule has 1 heterocycles. The van der Waals surface area contributed by atoms with E-state index in [4.69, 9.17) is 4.74 Å². The van der Waals surface area contributed by atoms with Gasteiger partial charge >= 0.3 is 0 Å². The lowest BCUT2D eigenvalue weighted by molar-refractivity contribution is 0.386. The number of rotatable bonds is 7. The maximum absolute atomic E-state index is 14.0. The summed E-state index contributed by atoms with van der Waals surface area (Å²) in [5.74, 6) is 0. The highest BCUT2D eigenvalue weighted by atomic mass is 32.3. The fourth-order valence-corrected chi connectivity index (χ4v) is 7.63. The molecule has 1 aliphatic rings. The number of benzene rings is 3. The topological polar surface area (TPSA) is 76.1 Å². The smallest absolute Gasteiger partial charge is 0.290 e. The minimum Gasteiger partial charge on any atom is -0.354 e. The van der Waals surface area contributed by atoms with Crippen LogP contribution in [0.25, 0.3) is 0 Å². The van der Waals surface area contributed by atoms with Gasteiger partial charge in [0.2, 0.25) is 0 Å². The molecule has 0 amide bonds. The van der Waals surface area contributed by atoms with E-state index in [0.29, 0.717) is 11.3 Å². The van der Waals surface area contributed by atoms with Crippen molar-refractivity contribution in [1.82, 2.24) is 0 Å². The van der Waals surface area contributed by atoms with Gasteiger partial charge in [0.05, 0.1) is 15.9 Å². The van der Waals surface area contributed by atoms with Crippen LogP contribution in [0.3, 0.4) is 0 Å². The van der Waals surface area contributed by atoms with E-state index >= 15 is 0 Å². The summed E-state index contributed by atoms with van der Waals surface area (Å²) in [4.78, 5) is 0.395. The zero-order valence-corrected chi connectivity index (χ0v) is 18.2. The lowest BCUT2D eigenvalue weighted by atomic mass is 10.1. The Labute approximate surface area is 178 Å². The van der Waals surface area contributed by atoms with E-state index in [0.717, 1.165) is 17.5 Å². The molecular weight excluding hydrogens is 418 g/mol. The number of ether oxygens (including phenoxy) is 1. The fourth-order valence-electron chi connectivity index (χ4n) is 3.30. The van der Waals surface area contributed by atoms with Gasteiger partial charge in [0.15, 0.2) is 5.44 Å². The van der Waals surface area contributed by atoms with Crippen LogP contribution in [-0.4, -0.2) is 24.2 Å². The van der Waals surface area contributed by atoms with Crippen molar-refractivity contribution >= 4 is 19.8 Å². The van der Waals surface area contributed by atoms with Crippen LogP contribution in [0, 0.1) is 6.92 Å². The van der Waals surface area contributed by atoms with Crippen molar-refractivity contribution in [3.63, 3.8) is 0 Å². The molecule has 0 aliphatic carbocycles. The first kappa shape index (κ1) is 20.8. The van der Waals surface area contributed by atoms with Gasteiger partial charge in [-0.1, -0.05) is 70.0 Å².